The average molecular weight is 360 g/mol. The van der Waals surface area contributed by atoms with Crippen molar-refractivity contribution in [1.82, 2.24) is 0 Å². The molecule has 1 heterocycles. The van der Waals surface area contributed by atoms with E-state index in [1.807, 2.05) is 0 Å². The van der Waals surface area contributed by atoms with E-state index < -0.39 is 54.4 Å². The van der Waals surface area contributed by atoms with E-state index in [-0.39, 0.29) is 6.61 Å². The SMILES string of the molecule is CCC1C(OC(C)=O)OC(COC(C)=O)C(OC(C)=O)C1OC(C)=O. The molecule has 0 aliphatic carbocycles. The maximum Gasteiger partial charge on any atom is 0.304 e. The van der Waals surface area contributed by atoms with Gasteiger partial charge in [0.25, 0.3) is 0 Å². The van der Waals surface area contributed by atoms with Crippen molar-refractivity contribution in [3.8, 4) is 0 Å². The number of hydrogen-bond acceptors (Lipinski definition) is 9. The van der Waals surface area contributed by atoms with Gasteiger partial charge >= 0.3 is 23.9 Å². The van der Waals surface area contributed by atoms with Crippen molar-refractivity contribution in [3.05, 3.63) is 0 Å². The quantitative estimate of drug-likeness (QED) is 0.499. The molecule has 9 nitrogen and oxygen atoms in total. The van der Waals surface area contributed by atoms with Gasteiger partial charge in [-0.3, -0.25) is 19.2 Å². The molecule has 9 heteroatoms. The van der Waals surface area contributed by atoms with Crippen LogP contribution in [0.3, 0.4) is 0 Å². The Labute approximate surface area is 145 Å². The van der Waals surface area contributed by atoms with E-state index in [2.05, 4.69) is 0 Å². The second-order valence-corrected chi connectivity index (χ2v) is 5.68. The Kier molecular flexibility index (Phi) is 7.82. The van der Waals surface area contributed by atoms with Crippen molar-refractivity contribution >= 4 is 23.9 Å². The Balaban J connectivity index is 3.16. The fourth-order valence-corrected chi connectivity index (χ4v) is 2.68. The van der Waals surface area contributed by atoms with Gasteiger partial charge in [0.05, 0.1) is 5.92 Å². The summed E-state index contributed by atoms with van der Waals surface area (Å²) in [6.45, 7) is 6.39. The Morgan fingerprint density at radius 2 is 1.32 bits per heavy atom. The van der Waals surface area contributed by atoms with Crippen molar-refractivity contribution in [2.24, 2.45) is 5.92 Å². The third-order valence-electron chi connectivity index (χ3n) is 3.58. The van der Waals surface area contributed by atoms with Crippen molar-refractivity contribution in [2.45, 2.75) is 65.6 Å². The normalized spacial score (nSPS) is 28.6. The summed E-state index contributed by atoms with van der Waals surface area (Å²) in [5.74, 6) is -2.89. The van der Waals surface area contributed by atoms with E-state index in [1.165, 1.54) is 27.7 Å². The molecule has 0 radical (unpaired) electrons. The number of ether oxygens (including phenoxy) is 5. The van der Waals surface area contributed by atoms with Crippen LogP contribution in [0.5, 0.6) is 0 Å². The molecular formula is C16H24O9. The molecule has 5 unspecified atom stereocenters. The molecule has 0 spiro atoms. The Hall–Kier alpha value is -2.16. The lowest BCUT2D eigenvalue weighted by Crippen LogP contribution is -2.59. The van der Waals surface area contributed by atoms with Gasteiger partial charge in [-0.1, -0.05) is 6.92 Å². The highest BCUT2D eigenvalue weighted by Crippen LogP contribution is 2.33. The van der Waals surface area contributed by atoms with Crippen molar-refractivity contribution in [3.63, 3.8) is 0 Å². The molecule has 0 N–H and O–H groups in total. The number of carbonyl (C=O) groups is 4. The molecule has 0 saturated carbocycles. The Bertz CT molecular complexity index is 516. The Morgan fingerprint density at radius 1 is 0.800 bits per heavy atom. The van der Waals surface area contributed by atoms with Gasteiger partial charge in [-0.15, -0.1) is 0 Å². The zero-order valence-corrected chi connectivity index (χ0v) is 15.0. The molecule has 1 rings (SSSR count). The molecule has 0 aromatic rings. The third kappa shape index (κ3) is 6.33. The van der Waals surface area contributed by atoms with Crippen LogP contribution in [0.25, 0.3) is 0 Å². The van der Waals surface area contributed by atoms with Crippen LogP contribution in [0.4, 0.5) is 0 Å². The fraction of sp³-hybridized carbons (Fsp3) is 0.750. The van der Waals surface area contributed by atoms with Crippen molar-refractivity contribution in [1.29, 1.82) is 0 Å². The minimum absolute atomic E-state index is 0.251. The van der Waals surface area contributed by atoms with Crippen LogP contribution >= 0.6 is 0 Å². The lowest BCUT2D eigenvalue weighted by molar-refractivity contribution is -0.284. The van der Waals surface area contributed by atoms with Gasteiger partial charge in [-0.25, -0.2) is 0 Å². The number of hydrogen-bond donors (Lipinski definition) is 0. The van der Waals surface area contributed by atoms with Crippen molar-refractivity contribution < 1.29 is 42.9 Å². The predicted octanol–water partition coefficient (Wildman–Crippen LogP) is 0.727. The summed E-state index contributed by atoms with van der Waals surface area (Å²) >= 11 is 0. The molecule has 1 aliphatic heterocycles. The van der Waals surface area contributed by atoms with E-state index in [0.717, 1.165) is 0 Å². The van der Waals surface area contributed by atoms with E-state index in [1.54, 1.807) is 6.92 Å². The average Bonchev–Trinajstić information content (AvgIpc) is 2.46. The minimum atomic E-state index is -1.03. The van der Waals surface area contributed by atoms with Gasteiger partial charge in [0, 0.05) is 27.7 Å². The largest absolute Gasteiger partial charge is 0.463 e. The topological polar surface area (TPSA) is 114 Å². The molecule has 0 aromatic heterocycles. The summed E-state index contributed by atoms with van der Waals surface area (Å²) in [5, 5.41) is 0. The predicted molar refractivity (Wildman–Crippen MR) is 81.9 cm³/mol. The molecule has 1 fully saturated rings. The number of carbonyl (C=O) groups excluding carboxylic acids is 4. The van der Waals surface area contributed by atoms with Crippen LogP contribution < -0.4 is 0 Å². The lowest BCUT2D eigenvalue weighted by Gasteiger charge is -2.44. The van der Waals surface area contributed by atoms with Gasteiger partial charge in [0.2, 0.25) is 6.29 Å². The molecule has 0 bridgehead atoms. The Morgan fingerprint density at radius 3 is 1.76 bits per heavy atom. The maximum absolute atomic E-state index is 11.5. The number of rotatable bonds is 6. The molecule has 5 atom stereocenters. The first kappa shape index (κ1) is 20.9. The van der Waals surface area contributed by atoms with E-state index in [0.29, 0.717) is 6.42 Å². The van der Waals surface area contributed by atoms with Gasteiger partial charge in [0.15, 0.2) is 12.2 Å². The standard InChI is InChI=1S/C16H24O9/c1-6-12-14(22-9(3)18)15(23-10(4)19)13(7-21-8(2)17)25-16(12)24-11(5)20/h12-16H,6-7H2,1-5H3. The molecule has 142 valence electrons. The molecular weight excluding hydrogens is 336 g/mol. The van der Waals surface area contributed by atoms with Crippen LogP contribution in [-0.2, 0) is 42.9 Å². The summed E-state index contributed by atoms with van der Waals surface area (Å²) in [5.41, 5.74) is 0. The van der Waals surface area contributed by atoms with Crippen LogP contribution in [0.1, 0.15) is 41.0 Å². The molecule has 0 amide bonds. The summed E-state index contributed by atoms with van der Waals surface area (Å²) in [4.78, 5) is 45.4. The highest BCUT2D eigenvalue weighted by Gasteiger charge is 2.50. The second-order valence-electron chi connectivity index (χ2n) is 5.68. The highest BCUT2D eigenvalue weighted by molar-refractivity contribution is 5.68. The van der Waals surface area contributed by atoms with E-state index in [9.17, 15) is 19.2 Å². The van der Waals surface area contributed by atoms with Crippen LogP contribution in [0.2, 0.25) is 0 Å². The highest BCUT2D eigenvalue weighted by atomic mass is 16.7. The molecule has 1 saturated heterocycles. The van der Waals surface area contributed by atoms with Gasteiger partial charge in [0.1, 0.15) is 12.7 Å². The molecule has 25 heavy (non-hydrogen) atoms. The smallest absolute Gasteiger partial charge is 0.304 e. The van der Waals surface area contributed by atoms with Crippen LogP contribution in [-0.4, -0.2) is 55.1 Å². The summed E-state index contributed by atoms with van der Waals surface area (Å²) in [7, 11) is 0. The molecule has 1 aliphatic rings. The van der Waals surface area contributed by atoms with Gasteiger partial charge < -0.3 is 23.7 Å². The summed E-state index contributed by atoms with van der Waals surface area (Å²) in [6, 6.07) is 0. The monoisotopic (exact) mass is 360 g/mol. The number of esters is 4. The van der Waals surface area contributed by atoms with E-state index in [4.69, 9.17) is 23.7 Å². The lowest BCUT2D eigenvalue weighted by atomic mass is 9.88. The minimum Gasteiger partial charge on any atom is -0.463 e. The van der Waals surface area contributed by atoms with Crippen LogP contribution in [0, 0.1) is 5.92 Å². The summed E-state index contributed by atoms with van der Waals surface area (Å²) in [6.07, 6.45) is -3.47. The second kappa shape index (κ2) is 9.36. The fourth-order valence-electron chi connectivity index (χ4n) is 2.68. The van der Waals surface area contributed by atoms with Crippen molar-refractivity contribution in [2.75, 3.05) is 6.61 Å². The van der Waals surface area contributed by atoms with E-state index >= 15 is 0 Å². The van der Waals surface area contributed by atoms with Gasteiger partial charge in [-0.2, -0.15) is 0 Å². The first-order valence-corrected chi connectivity index (χ1v) is 7.96. The first-order chi connectivity index (χ1) is 11.6. The van der Waals surface area contributed by atoms with Crippen LogP contribution in [0.15, 0.2) is 0 Å². The zero-order valence-electron chi connectivity index (χ0n) is 15.0. The maximum atomic E-state index is 11.5. The first-order valence-electron chi connectivity index (χ1n) is 7.96. The van der Waals surface area contributed by atoms with Gasteiger partial charge in [-0.05, 0) is 6.42 Å². The third-order valence-corrected chi connectivity index (χ3v) is 3.58. The summed E-state index contributed by atoms with van der Waals surface area (Å²) < 4.78 is 26.4. The molecule has 0 aromatic carbocycles. The zero-order chi connectivity index (χ0) is 19.1.